The van der Waals surface area contributed by atoms with Crippen molar-refractivity contribution in [3.05, 3.63) is 87.1 Å². The van der Waals surface area contributed by atoms with Crippen molar-refractivity contribution in [3.8, 4) is 5.75 Å². The van der Waals surface area contributed by atoms with Crippen LogP contribution in [0.4, 0.5) is 0 Å². The molecule has 1 aliphatic rings. The average molecular weight is 469 g/mol. The molecule has 33 heavy (non-hydrogen) atoms. The Labute approximate surface area is 198 Å². The molecule has 0 spiro atoms. The Bertz CT molecular complexity index is 1100. The molecule has 1 aromatic carbocycles. The summed E-state index contributed by atoms with van der Waals surface area (Å²) in [6, 6.07) is 13.5. The third-order valence-corrected chi connectivity index (χ3v) is 6.22. The minimum absolute atomic E-state index is 0.200. The molecule has 1 saturated heterocycles. The lowest BCUT2D eigenvalue weighted by atomic mass is 9.93. The summed E-state index contributed by atoms with van der Waals surface area (Å²) in [5, 5.41) is 14.9. The van der Waals surface area contributed by atoms with Crippen LogP contribution in [-0.4, -0.2) is 43.5 Å². The Morgan fingerprint density at radius 2 is 1.82 bits per heavy atom. The molecule has 0 aliphatic carbocycles. The fraction of sp³-hybridized carbons (Fsp3) is 0.400. The lowest BCUT2D eigenvalue weighted by Gasteiger charge is -2.35. The summed E-state index contributed by atoms with van der Waals surface area (Å²) in [5.74, 6) is 0.413. The molecule has 2 aromatic heterocycles. The third-order valence-electron chi connectivity index (χ3n) is 5.99. The maximum Gasteiger partial charge on any atom is 0.270 e. The topological polar surface area (TPSA) is 80.5 Å². The number of ether oxygens (including phenoxy) is 1. The lowest BCUT2D eigenvalue weighted by Crippen LogP contribution is -2.41. The highest BCUT2D eigenvalue weighted by Crippen LogP contribution is 2.22. The fourth-order valence-electron chi connectivity index (χ4n) is 3.81. The van der Waals surface area contributed by atoms with Gasteiger partial charge in [0.15, 0.2) is 0 Å². The largest absolute Gasteiger partial charge is 0.485 e. The molecule has 0 radical (unpaired) electrons. The predicted octanol–water partition coefficient (Wildman–Crippen LogP) is 3.46. The Balaban J connectivity index is 1.26. The van der Waals surface area contributed by atoms with Gasteiger partial charge in [0, 0.05) is 38.4 Å². The van der Waals surface area contributed by atoms with Crippen molar-refractivity contribution < 1.29 is 9.84 Å². The summed E-state index contributed by atoms with van der Waals surface area (Å²) in [6.07, 6.45) is 5.45. The van der Waals surface area contributed by atoms with E-state index in [1.54, 1.807) is 24.5 Å². The van der Waals surface area contributed by atoms with Crippen molar-refractivity contribution in [2.75, 3.05) is 13.1 Å². The highest BCUT2D eigenvalue weighted by Gasteiger charge is 2.27. The van der Waals surface area contributed by atoms with Gasteiger partial charge in [0.1, 0.15) is 12.4 Å². The number of benzene rings is 1. The number of aryl methyl sites for hydroxylation is 2. The van der Waals surface area contributed by atoms with Gasteiger partial charge in [0.25, 0.3) is 5.56 Å². The van der Waals surface area contributed by atoms with E-state index in [0.717, 1.165) is 43.7 Å². The van der Waals surface area contributed by atoms with Crippen molar-refractivity contribution in [1.29, 1.82) is 0 Å². The van der Waals surface area contributed by atoms with Crippen LogP contribution in [0.25, 0.3) is 0 Å². The first-order chi connectivity index (χ1) is 15.9. The molecule has 0 unspecified atom stereocenters. The maximum atomic E-state index is 12.4. The van der Waals surface area contributed by atoms with E-state index in [1.165, 1.54) is 16.3 Å². The van der Waals surface area contributed by atoms with Gasteiger partial charge in [-0.15, -0.1) is 0 Å². The molecular weight excluding hydrogens is 440 g/mol. The van der Waals surface area contributed by atoms with Gasteiger partial charge in [-0.2, -0.15) is 5.10 Å². The van der Waals surface area contributed by atoms with Gasteiger partial charge >= 0.3 is 0 Å². The molecule has 174 valence electrons. The summed E-state index contributed by atoms with van der Waals surface area (Å²) in [4.78, 5) is 18.9. The van der Waals surface area contributed by atoms with Crippen molar-refractivity contribution in [2.24, 2.45) is 0 Å². The van der Waals surface area contributed by atoms with Gasteiger partial charge in [0.05, 0.1) is 22.5 Å². The zero-order valence-corrected chi connectivity index (χ0v) is 19.5. The second kappa shape index (κ2) is 10.5. The maximum absolute atomic E-state index is 12.4. The molecule has 0 saturated carbocycles. The van der Waals surface area contributed by atoms with Crippen LogP contribution in [0.2, 0.25) is 5.02 Å². The Hall–Kier alpha value is -2.74. The van der Waals surface area contributed by atoms with Crippen LogP contribution in [0.5, 0.6) is 5.75 Å². The highest BCUT2D eigenvalue weighted by atomic mass is 35.5. The number of likely N-dealkylation sites (tertiary alicyclic amines) is 1. The van der Waals surface area contributed by atoms with Crippen LogP contribution < -0.4 is 10.3 Å². The number of hydrogen-bond donors (Lipinski definition) is 1. The standard InChI is InChI=1S/C25H29ClN4O3/c1-25(32)9-12-29(13-10-25)17-20-4-2-19(3-5-20)8-11-30-24(31)14-23(16-28-30)33-18-22-7-6-21(26)15-27-22/h2-7,14-16,32H,8-13,17-18H2,1H3. The first-order valence-electron chi connectivity index (χ1n) is 11.2. The van der Waals surface area contributed by atoms with E-state index in [2.05, 4.69) is 39.2 Å². The summed E-state index contributed by atoms with van der Waals surface area (Å²) in [5.41, 5.74) is 2.41. The minimum Gasteiger partial charge on any atom is -0.485 e. The highest BCUT2D eigenvalue weighted by molar-refractivity contribution is 6.30. The van der Waals surface area contributed by atoms with Crippen LogP contribution in [0.1, 0.15) is 36.6 Å². The second-order valence-electron chi connectivity index (χ2n) is 8.85. The normalized spacial score (nSPS) is 16.0. The van der Waals surface area contributed by atoms with Crippen molar-refractivity contribution in [2.45, 2.75) is 51.5 Å². The number of piperidine rings is 1. The molecule has 0 amide bonds. The summed E-state index contributed by atoms with van der Waals surface area (Å²) in [6.45, 7) is 5.38. The number of hydrogen-bond acceptors (Lipinski definition) is 6. The molecule has 4 rings (SSSR count). The van der Waals surface area contributed by atoms with Crippen LogP contribution in [0.3, 0.4) is 0 Å². The first kappa shape index (κ1) is 23.4. The molecule has 8 heteroatoms. The molecule has 3 heterocycles. The second-order valence-corrected chi connectivity index (χ2v) is 9.29. The molecule has 1 aliphatic heterocycles. The molecule has 1 N–H and O–H groups in total. The van der Waals surface area contributed by atoms with E-state index < -0.39 is 5.60 Å². The van der Waals surface area contributed by atoms with E-state index in [1.807, 2.05) is 6.92 Å². The smallest absolute Gasteiger partial charge is 0.270 e. The monoisotopic (exact) mass is 468 g/mol. The number of pyridine rings is 1. The van der Waals surface area contributed by atoms with Crippen LogP contribution in [-0.2, 0) is 26.1 Å². The molecule has 3 aromatic rings. The first-order valence-corrected chi connectivity index (χ1v) is 11.6. The van der Waals surface area contributed by atoms with Gasteiger partial charge in [-0.1, -0.05) is 35.9 Å². The summed E-state index contributed by atoms with van der Waals surface area (Å²) in [7, 11) is 0. The Kier molecular flexibility index (Phi) is 7.42. The molecule has 7 nitrogen and oxygen atoms in total. The Morgan fingerprint density at radius 3 is 2.48 bits per heavy atom. The van der Waals surface area contributed by atoms with Gasteiger partial charge in [-0.25, -0.2) is 4.68 Å². The number of aromatic nitrogens is 3. The van der Waals surface area contributed by atoms with E-state index >= 15 is 0 Å². The average Bonchev–Trinajstić information content (AvgIpc) is 2.80. The van der Waals surface area contributed by atoms with Gasteiger partial charge in [-0.05, 0) is 49.4 Å². The van der Waals surface area contributed by atoms with E-state index in [-0.39, 0.29) is 12.2 Å². The van der Waals surface area contributed by atoms with Crippen LogP contribution in [0, 0.1) is 0 Å². The van der Waals surface area contributed by atoms with Crippen molar-refractivity contribution >= 4 is 11.6 Å². The molecule has 1 fully saturated rings. The third kappa shape index (κ3) is 6.87. The molecular formula is C25H29ClN4O3. The van der Waals surface area contributed by atoms with Crippen LogP contribution in [0.15, 0.2) is 59.7 Å². The van der Waals surface area contributed by atoms with Gasteiger partial charge in [0.2, 0.25) is 0 Å². The van der Waals surface area contributed by atoms with Crippen molar-refractivity contribution in [1.82, 2.24) is 19.7 Å². The SMILES string of the molecule is CC1(O)CCN(Cc2ccc(CCn3ncc(OCc4ccc(Cl)cn4)cc3=O)cc2)CC1. The summed E-state index contributed by atoms with van der Waals surface area (Å²) < 4.78 is 7.06. The quantitative estimate of drug-likeness (QED) is 0.545. The number of rotatable bonds is 8. The minimum atomic E-state index is -0.523. The van der Waals surface area contributed by atoms with Crippen LogP contribution >= 0.6 is 11.6 Å². The Morgan fingerprint density at radius 1 is 1.09 bits per heavy atom. The van der Waals surface area contributed by atoms with Crippen molar-refractivity contribution in [3.63, 3.8) is 0 Å². The molecule has 0 bridgehead atoms. The number of nitrogens with zero attached hydrogens (tertiary/aromatic N) is 4. The van der Waals surface area contributed by atoms with E-state index in [4.69, 9.17) is 16.3 Å². The van der Waals surface area contributed by atoms with E-state index in [0.29, 0.717) is 23.7 Å². The van der Waals surface area contributed by atoms with E-state index in [9.17, 15) is 9.90 Å². The predicted molar refractivity (Wildman–Crippen MR) is 127 cm³/mol. The fourth-order valence-corrected chi connectivity index (χ4v) is 3.92. The van der Waals surface area contributed by atoms with Gasteiger partial charge < -0.3 is 9.84 Å². The zero-order valence-electron chi connectivity index (χ0n) is 18.8. The lowest BCUT2D eigenvalue weighted by molar-refractivity contribution is -0.00730. The number of halogens is 1. The number of aliphatic hydroxyl groups is 1. The van der Waals surface area contributed by atoms with Gasteiger partial charge in [-0.3, -0.25) is 14.7 Å². The summed E-state index contributed by atoms with van der Waals surface area (Å²) >= 11 is 5.83. The molecule has 0 atom stereocenters. The zero-order chi connectivity index (χ0) is 23.3.